The van der Waals surface area contributed by atoms with Gasteiger partial charge < -0.3 is 9.47 Å². The second kappa shape index (κ2) is 6.79. The van der Waals surface area contributed by atoms with Gasteiger partial charge in [-0.25, -0.2) is 0 Å². The molecule has 3 heterocycles. The molecule has 0 unspecified atom stereocenters. The first kappa shape index (κ1) is 16.0. The van der Waals surface area contributed by atoms with Gasteiger partial charge in [-0.05, 0) is 49.9 Å². The Morgan fingerprint density at radius 1 is 1.21 bits per heavy atom. The van der Waals surface area contributed by atoms with Gasteiger partial charge in [0.25, 0.3) is 0 Å². The van der Waals surface area contributed by atoms with Crippen molar-refractivity contribution in [3.63, 3.8) is 0 Å². The Balaban J connectivity index is 1.36. The number of hydrogen-bond acceptors (Lipinski definition) is 4. The Kier molecular flexibility index (Phi) is 4.53. The number of hydrogen-bond donors (Lipinski definition) is 0. The number of rotatable bonds is 4. The lowest BCUT2D eigenvalue weighted by atomic mass is 9.76. The molecule has 24 heavy (non-hydrogen) atoms. The normalized spacial score (nSPS) is 24.0. The van der Waals surface area contributed by atoms with Crippen molar-refractivity contribution in [2.75, 3.05) is 33.4 Å². The zero-order valence-electron chi connectivity index (χ0n) is 14.4. The number of ether oxygens (including phenoxy) is 2. The van der Waals surface area contributed by atoms with Crippen molar-refractivity contribution in [3.8, 4) is 0 Å². The van der Waals surface area contributed by atoms with E-state index in [1.807, 2.05) is 0 Å². The highest BCUT2D eigenvalue weighted by molar-refractivity contribution is 5.78. The molecule has 2 saturated heterocycles. The fourth-order valence-corrected chi connectivity index (χ4v) is 4.15. The van der Waals surface area contributed by atoms with E-state index in [4.69, 9.17) is 14.5 Å². The number of likely N-dealkylation sites (tertiary alicyclic amines) is 1. The van der Waals surface area contributed by atoms with Crippen LogP contribution in [-0.2, 0) is 16.0 Å². The first-order chi connectivity index (χ1) is 11.8. The molecule has 2 fully saturated rings. The van der Waals surface area contributed by atoms with Gasteiger partial charge in [0.1, 0.15) is 0 Å². The standard InChI is InChI=1S/C20H26N2O2/c1-23-14-18-12-20(15-24-18)8-10-22(11-9-20)13-17-7-6-16-4-2-3-5-19(16)21-17/h2-7,18H,8-15H2,1H3/t18-/m1/s1. The summed E-state index contributed by atoms with van der Waals surface area (Å²) in [6, 6.07) is 12.7. The van der Waals surface area contributed by atoms with Crippen molar-refractivity contribution in [1.29, 1.82) is 0 Å². The molecule has 128 valence electrons. The van der Waals surface area contributed by atoms with E-state index < -0.39 is 0 Å². The molecule has 2 aromatic rings. The van der Waals surface area contributed by atoms with Crippen LogP contribution in [-0.4, -0.2) is 49.4 Å². The average Bonchev–Trinajstić information content (AvgIpc) is 3.00. The maximum atomic E-state index is 5.93. The highest BCUT2D eigenvalue weighted by atomic mass is 16.5. The topological polar surface area (TPSA) is 34.6 Å². The van der Waals surface area contributed by atoms with Crippen LogP contribution in [0.1, 0.15) is 25.0 Å². The van der Waals surface area contributed by atoms with Crippen LogP contribution in [0.25, 0.3) is 10.9 Å². The lowest BCUT2D eigenvalue weighted by Crippen LogP contribution is -2.40. The lowest BCUT2D eigenvalue weighted by molar-refractivity contribution is 0.0283. The van der Waals surface area contributed by atoms with Crippen molar-refractivity contribution in [1.82, 2.24) is 9.88 Å². The summed E-state index contributed by atoms with van der Waals surface area (Å²) in [7, 11) is 1.76. The number of para-hydroxylation sites is 1. The molecule has 4 rings (SSSR count). The van der Waals surface area contributed by atoms with Gasteiger partial charge in [-0.2, -0.15) is 0 Å². The summed E-state index contributed by atoms with van der Waals surface area (Å²) < 4.78 is 11.2. The van der Waals surface area contributed by atoms with Gasteiger partial charge >= 0.3 is 0 Å². The fraction of sp³-hybridized carbons (Fsp3) is 0.550. The summed E-state index contributed by atoms with van der Waals surface area (Å²) in [6.45, 7) is 4.86. The van der Waals surface area contributed by atoms with Gasteiger partial charge in [0.15, 0.2) is 0 Å². The SMILES string of the molecule is COC[C@H]1CC2(CCN(Cc3ccc4ccccc4n3)CC2)CO1. The van der Waals surface area contributed by atoms with Gasteiger partial charge in [-0.3, -0.25) is 9.88 Å². The summed E-state index contributed by atoms with van der Waals surface area (Å²) in [6.07, 6.45) is 3.90. The predicted octanol–water partition coefficient (Wildman–Crippen LogP) is 3.25. The predicted molar refractivity (Wildman–Crippen MR) is 94.9 cm³/mol. The summed E-state index contributed by atoms with van der Waals surface area (Å²) in [5, 5.41) is 1.21. The maximum Gasteiger partial charge on any atom is 0.0814 e. The minimum Gasteiger partial charge on any atom is -0.382 e. The number of fused-ring (bicyclic) bond motifs is 1. The Morgan fingerprint density at radius 3 is 2.88 bits per heavy atom. The van der Waals surface area contributed by atoms with Crippen LogP contribution in [0.2, 0.25) is 0 Å². The number of pyridine rings is 1. The molecule has 0 bridgehead atoms. The maximum absolute atomic E-state index is 5.93. The molecule has 2 aliphatic heterocycles. The number of nitrogens with zero attached hydrogens (tertiary/aromatic N) is 2. The van der Waals surface area contributed by atoms with E-state index >= 15 is 0 Å². The molecule has 0 radical (unpaired) electrons. The number of aromatic nitrogens is 1. The number of benzene rings is 1. The third-order valence-electron chi connectivity index (χ3n) is 5.60. The van der Waals surface area contributed by atoms with Gasteiger partial charge in [0, 0.05) is 19.0 Å². The third kappa shape index (κ3) is 3.32. The molecule has 4 nitrogen and oxygen atoms in total. The highest BCUT2D eigenvalue weighted by Crippen LogP contribution is 2.42. The van der Waals surface area contributed by atoms with Crippen LogP contribution >= 0.6 is 0 Å². The highest BCUT2D eigenvalue weighted by Gasteiger charge is 2.42. The number of methoxy groups -OCH3 is 1. The smallest absolute Gasteiger partial charge is 0.0814 e. The van der Waals surface area contributed by atoms with Crippen molar-refractivity contribution >= 4 is 10.9 Å². The molecule has 0 N–H and O–H groups in total. The van der Waals surface area contributed by atoms with Crippen molar-refractivity contribution in [2.45, 2.75) is 31.9 Å². The van der Waals surface area contributed by atoms with E-state index in [9.17, 15) is 0 Å². The first-order valence-corrected chi connectivity index (χ1v) is 8.94. The summed E-state index contributed by atoms with van der Waals surface area (Å²) >= 11 is 0. The Hall–Kier alpha value is -1.49. The van der Waals surface area contributed by atoms with Crippen LogP contribution in [0.15, 0.2) is 36.4 Å². The average molecular weight is 326 g/mol. The Bertz CT molecular complexity index is 695. The van der Waals surface area contributed by atoms with E-state index in [1.165, 1.54) is 23.9 Å². The second-order valence-corrected chi connectivity index (χ2v) is 7.36. The zero-order chi connectivity index (χ0) is 16.4. The van der Waals surface area contributed by atoms with Crippen LogP contribution in [0.5, 0.6) is 0 Å². The molecule has 1 aromatic carbocycles. The molecule has 0 amide bonds. The molecule has 0 aliphatic carbocycles. The minimum atomic E-state index is 0.295. The summed E-state index contributed by atoms with van der Waals surface area (Å²) in [5.41, 5.74) is 2.65. The molecule has 1 spiro atoms. The fourth-order valence-electron chi connectivity index (χ4n) is 4.15. The van der Waals surface area contributed by atoms with E-state index in [0.717, 1.165) is 44.8 Å². The van der Waals surface area contributed by atoms with Gasteiger partial charge in [0.2, 0.25) is 0 Å². The molecule has 1 atom stereocenters. The van der Waals surface area contributed by atoms with E-state index in [2.05, 4.69) is 41.3 Å². The molecular weight excluding hydrogens is 300 g/mol. The van der Waals surface area contributed by atoms with Gasteiger partial charge in [-0.1, -0.05) is 24.3 Å². The van der Waals surface area contributed by atoms with E-state index in [1.54, 1.807) is 7.11 Å². The lowest BCUT2D eigenvalue weighted by Gasteiger charge is -2.38. The third-order valence-corrected chi connectivity index (χ3v) is 5.60. The second-order valence-electron chi connectivity index (χ2n) is 7.36. The molecule has 0 saturated carbocycles. The zero-order valence-corrected chi connectivity index (χ0v) is 14.4. The van der Waals surface area contributed by atoms with Gasteiger partial charge in [0.05, 0.1) is 30.5 Å². The first-order valence-electron chi connectivity index (χ1n) is 8.94. The molecule has 2 aliphatic rings. The van der Waals surface area contributed by atoms with Gasteiger partial charge in [-0.15, -0.1) is 0 Å². The van der Waals surface area contributed by atoms with Crippen LogP contribution in [0.4, 0.5) is 0 Å². The van der Waals surface area contributed by atoms with E-state index in [0.29, 0.717) is 11.5 Å². The quantitative estimate of drug-likeness (QED) is 0.864. The minimum absolute atomic E-state index is 0.295. The van der Waals surface area contributed by atoms with Crippen LogP contribution < -0.4 is 0 Å². The summed E-state index contributed by atoms with van der Waals surface area (Å²) in [4.78, 5) is 7.35. The largest absolute Gasteiger partial charge is 0.382 e. The molecular formula is C20H26N2O2. The monoisotopic (exact) mass is 326 g/mol. The van der Waals surface area contributed by atoms with Crippen molar-refractivity contribution in [3.05, 3.63) is 42.1 Å². The van der Waals surface area contributed by atoms with Crippen LogP contribution in [0.3, 0.4) is 0 Å². The van der Waals surface area contributed by atoms with E-state index in [-0.39, 0.29) is 0 Å². The molecule has 1 aromatic heterocycles. The Morgan fingerprint density at radius 2 is 2.04 bits per heavy atom. The molecule has 4 heteroatoms. The Labute approximate surface area is 143 Å². The van der Waals surface area contributed by atoms with Crippen molar-refractivity contribution in [2.24, 2.45) is 5.41 Å². The summed E-state index contributed by atoms with van der Waals surface area (Å²) in [5.74, 6) is 0. The van der Waals surface area contributed by atoms with Crippen LogP contribution in [0, 0.1) is 5.41 Å². The van der Waals surface area contributed by atoms with Crippen molar-refractivity contribution < 1.29 is 9.47 Å². The number of piperidine rings is 1.